The van der Waals surface area contributed by atoms with E-state index >= 15 is 0 Å². The number of sulfonamides is 1. The van der Waals surface area contributed by atoms with Crippen LogP contribution in [-0.4, -0.2) is 33.8 Å². The van der Waals surface area contributed by atoms with Crippen molar-refractivity contribution in [2.45, 2.75) is 18.7 Å². The molecule has 6 nitrogen and oxygen atoms in total. The van der Waals surface area contributed by atoms with Gasteiger partial charge in [-0.2, -0.15) is 0 Å². The Bertz CT molecular complexity index is 970. The second kappa shape index (κ2) is 7.99. The molecule has 0 fully saturated rings. The van der Waals surface area contributed by atoms with Crippen LogP contribution in [0.1, 0.15) is 31.8 Å². The first-order valence-corrected chi connectivity index (χ1v) is 9.52. The van der Waals surface area contributed by atoms with Crippen molar-refractivity contribution in [2.75, 3.05) is 13.7 Å². The third-order valence-electron chi connectivity index (χ3n) is 3.74. The molecule has 0 aliphatic carbocycles. The number of halogens is 1. The van der Waals surface area contributed by atoms with E-state index in [1.54, 1.807) is 19.1 Å². The van der Waals surface area contributed by atoms with Crippen molar-refractivity contribution >= 4 is 33.4 Å². The summed E-state index contributed by atoms with van der Waals surface area (Å²) in [6.07, 6.45) is 0. The SMILES string of the molecule is CNS(=O)(=O)c1cc(C(=O)OCC(=O)c2ccc(C)cc2C)ccc1Cl. The van der Waals surface area contributed by atoms with Crippen LogP contribution in [0.15, 0.2) is 41.3 Å². The maximum Gasteiger partial charge on any atom is 0.338 e. The fourth-order valence-electron chi connectivity index (χ4n) is 2.36. The first-order chi connectivity index (χ1) is 12.2. The smallest absolute Gasteiger partial charge is 0.338 e. The Kier molecular flexibility index (Phi) is 6.17. The number of carbonyl (C=O) groups is 2. The van der Waals surface area contributed by atoms with E-state index in [9.17, 15) is 18.0 Å². The number of aryl methyl sites for hydroxylation is 2. The zero-order valence-corrected chi connectivity index (χ0v) is 16.1. The highest BCUT2D eigenvalue weighted by atomic mass is 35.5. The monoisotopic (exact) mass is 395 g/mol. The topological polar surface area (TPSA) is 89.5 Å². The number of esters is 1. The molecule has 0 unspecified atom stereocenters. The Morgan fingerprint density at radius 3 is 2.42 bits per heavy atom. The highest BCUT2D eigenvalue weighted by Crippen LogP contribution is 2.23. The summed E-state index contributed by atoms with van der Waals surface area (Å²) in [5, 5.41) is -0.0257. The van der Waals surface area contributed by atoms with Crippen LogP contribution in [0.5, 0.6) is 0 Å². The second-order valence-corrected chi connectivity index (χ2v) is 7.93. The molecule has 2 aromatic rings. The Morgan fingerprint density at radius 1 is 1.12 bits per heavy atom. The fraction of sp³-hybridized carbons (Fsp3) is 0.222. The van der Waals surface area contributed by atoms with Crippen LogP contribution in [-0.2, 0) is 14.8 Å². The predicted octanol–water partition coefficient (Wildman–Crippen LogP) is 2.90. The molecular formula is C18H18ClNO5S. The maximum absolute atomic E-state index is 12.2. The second-order valence-electron chi connectivity index (χ2n) is 5.67. The number of rotatable bonds is 6. The van der Waals surface area contributed by atoms with Crippen LogP contribution in [0.25, 0.3) is 0 Å². The summed E-state index contributed by atoms with van der Waals surface area (Å²) in [6.45, 7) is 3.27. The fourth-order valence-corrected chi connectivity index (χ4v) is 3.61. The van der Waals surface area contributed by atoms with Gasteiger partial charge in [-0.25, -0.2) is 17.9 Å². The van der Waals surface area contributed by atoms with Crippen LogP contribution in [0.4, 0.5) is 0 Å². The first-order valence-electron chi connectivity index (χ1n) is 7.66. The van der Waals surface area contributed by atoms with E-state index in [1.165, 1.54) is 19.2 Å². The van der Waals surface area contributed by atoms with E-state index in [0.717, 1.165) is 17.2 Å². The van der Waals surface area contributed by atoms with E-state index < -0.39 is 22.6 Å². The third kappa shape index (κ3) is 4.49. The van der Waals surface area contributed by atoms with Gasteiger partial charge in [0.25, 0.3) is 0 Å². The lowest BCUT2D eigenvalue weighted by Crippen LogP contribution is -2.20. The zero-order chi connectivity index (χ0) is 19.5. The van der Waals surface area contributed by atoms with Gasteiger partial charge in [0.15, 0.2) is 6.61 Å². The number of ketones is 1. The molecule has 0 amide bonds. The molecule has 0 saturated heterocycles. The standard InChI is InChI=1S/C18H18ClNO5S/c1-11-4-6-14(12(2)8-11)16(21)10-25-18(22)13-5-7-15(19)17(9-13)26(23,24)20-3/h4-9,20H,10H2,1-3H3. The lowest BCUT2D eigenvalue weighted by atomic mass is 10.0. The molecule has 0 aliphatic heterocycles. The Hall–Kier alpha value is -2.22. The Labute approximate surface area is 157 Å². The molecule has 0 saturated carbocycles. The molecule has 0 bridgehead atoms. The number of hydrogen-bond acceptors (Lipinski definition) is 5. The van der Waals surface area contributed by atoms with E-state index in [0.29, 0.717) is 5.56 Å². The number of carbonyl (C=O) groups excluding carboxylic acids is 2. The summed E-state index contributed by atoms with van der Waals surface area (Å²) in [5.74, 6) is -1.15. The average molecular weight is 396 g/mol. The highest BCUT2D eigenvalue weighted by Gasteiger charge is 2.20. The van der Waals surface area contributed by atoms with Crippen molar-refractivity contribution in [3.05, 3.63) is 63.7 Å². The van der Waals surface area contributed by atoms with E-state index in [2.05, 4.69) is 4.72 Å². The van der Waals surface area contributed by atoms with E-state index in [4.69, 9.17) is 16.3 Å². The highest BCUT2D eigenvalue weighted by molar-refractivity contribution is 7.89. The molecule has 0 aliphatic rings. The summed E-state index contributed by atoms with van der Waals surface area (Å²) < 4.78 is 31.0. The summed E-state index contributed by atoms with van der Waals surface area (Å²) >= 11 is 5.88. The normalized spacial score (nSPS) is 11.2. The molecule has 0 radical (unpaired) electrons. The van der Waals surface area contributed by atoms with E-state index in [-0.39, 0.29) is 21.3 Å². The minimum Gasteiger partial charge on any atom is -0.454 e. The largest absolute Gasteiger partial charge is 0.454 e. The molecule has 0 atom stereocenters. The molecule has 0 spiro atoms. The number of Topliss-reactive ketones (excluding diaryl/α,β-unsaturated/α-hetero) is 1. The molecule has 138 valence electrons. The number of ether oxygens (including phenoxy) is 1. The zero-order valence-electron chi connectivity index (χ0n) is 14.5. The number of nitrogens with one attached hydrogen (secondary N) is 1. The van der Waals surface area contributed by atoms with E-state index in [1.807, 2.05) is 13.0 Å². The summed E-state index contributed by atoms with van der Waals surface area (Å²) in [7, 11) is -2.59. The van der Waals surface area contributed by atoms with Crippen molar-refractivity contribution in [2.24, 2.45) is 0 Å². The van der Waals surface area contributed by atoms with Crippen molar-refractivity contribution < 1.29 is 22.7 Å². The molecule has 26 heavy (non-hydrogen) atoms. The lowest BCUT2D eigenvalue weighted by molar-refractivity contribution is 0.0474. The minimum atomic E-state index is -3.83. The number of hydrogen-bond donors (Lipinski definition) is 1. The summed E-state index contributed by atoms with van der Waals surface area (Å²) in [5.41, 5.74) is 2.27. The minimum absolute atomic E-state index is 0.0170. The number of benzene rings is 2. The van der Waals surface area contributed by atoms with Gasteiger partial charge in [0.05, 0.1) is 10.6 Å². The van der Waals surface area contributed by atoms with Gasteiger partial charge in [-0.15, -0.1) is 0 Å². The maximum atomic E-state index is 12.2. The molecule has 2 rings (SSSR count). The van der Waals surface area contributed by atoms with Crippen LogP contribution < -0.4 is 4.72 Å². The average Bonchev–Trinajstić information content (AvgIpc) is 2.59. The van der Waals surface area contributed by atoms with Gasteiger partial charge in [-0.05, 0) is 44.7 Å². The van der Waals surface area contributed by atoms with Gasteiger partial charge >= 0.3 is 5.97 Å². The Morgan fingerprint density at radius 2 is 1.81 bits per heavy atom. The van der Waals surface area contributed by atoms with Crippen LogP contribution >= 0.6 is 11.6 Å². The van der Waals surface area contributed by atoms with Gasteiger partial charge in [0.2, 0.25) is 15.8 Å². The predicted molar refractivity (Wildman–Crippen MR) is 98.2 cm³/mol. The van der Waals surface area contributed by atoms with Gasteiger partial charge in [-0.1, -0.05) is 35.4 Å². The van der Waals surface area contributed by atoms with Crippen LogP contribution in [0.2, 0.25) is 5.02 Å². The Balaban J connectivity index is 2.15. The van der Waals surface area contributed by atoms with Crippen molar-refractivity contribution in [1.29, 1.82) is 0 Å². The quantitative estimate of drug-likeness (QED) is 0.600. The van der Waals surface area contributed by atoms with Crippen molar-refractivity contribution in [3.63, 3.8) is 0 Å². The molecule has 1 N–H and O–H groups in total. The molecule has 0 aromatic heterocycles. The first kappa shape index (κ1) is 20.1. The van der Waals surface area contributed by atoms with Crippen molar-refractivity contribution in [3.8, 4) is 0 Å². The van der Waals surface area contributed by atoms with Gasteiger partial charge in [0, 0.05) is 5.56 Å². The lowest BCUT2D eigenvalue weighted by Gasteiger charge is -2.09. The van der Waals surface area contributed by atoms with Gasteiger partial charge in [-0.3, -0.25) is 4.79 Å². The summed E-state index contributed by atoms with van der Waals surface area (Å²) in [6, 6.07) is 9.08. The molecule has 0 heterocycles. The third-order valence-corrected chi connectivity index (χ3v) is 5.64. The summed E-state index contributed by atoms with van der Waals surface area (Å²) in [4.78, 5) is 24.2. The van der Waals surface area contributed by atoms with Crippen LogP contribution in [0, 0.1) is 13.8 Å². The van der Waals surface area contributed by atoms with Crippen LogP contribution in [0.3, 0.4) is 0 Å². The van der Waals surface area contributed by atoms with Crippen molar-refractivity contribution in [1.82, 2.24) is 4.72 Å². The molecular weight excluding hydrogens is 378 g/mol. The molecule has 2 aromatic carbocycles. The van der Waals surface area contributed by atoms with Gasteiger partial charge in [0.1, 0.15) is 4.90 Å². The van der Waals surface area contributed by atoms with Gasteiger partial charge < -0.3 is 4.74 Å². The molecule has 8 heteroatoms.